The van der Waals surface area contributed by atoms with Crippen molar-refractivity contribution in [1.82, 2.24) is 15.0 Å². The molecule has 25 heavy (non-hydrogen) atoms. The third kappa shape index (κ3) is 4.02. The number of ether oxygens (including phenoxy) is 1. The van der Waals surface area contributed by atoms with Crippen molar-refractivity contribution in [3.63, 3.8) is 0 Å². The topological polar surface area (TPSA) is 59.9 Å². The fourth-order valence-electron chi connectivity index (χ4n) is 2.58. The highest BCUT2D eigenvalue weighted by Crippen LogP contribution is 2.27. The van der Waals surface area contributed by atoms with E-state index in [4.69, 9.17) is 4.74 Å². The SMILES string of the molecule is Cc1nc(NC(C)c2ccc(F)cc2)c2cc(OC(C)C)ncc2n1. The number of anilines is 1. The van der Waals surface area contributed by atoms with Gasteiger partial charge in [0.2, 0.25) is 5.88 Å². The standard InChI is InChI=1S/C19H21FN4O/c1-11(2)25-18-9-16-17(10-21-18)23-13(4)24-19(16)22-12(3)14-5-7-15(20)8-6-14/h5-12H,1-4H3,(H,22,23,24). The van der Waals surface area contributed by atoms with Crippen molar-refractivity contribution in [2.45, 2.75) is 39.8 Å². The molecule has 1 aromatic carbocycles. The van der Waals surface area contributed by atoms with Gasteiger partial charge >= 0.3 is 0 Å². The summed E-state index contributed by atoms with van der Waals surface area (Å²) in [7, 11) is 0. The van der Waals surface area contributed by atoms with Gasteiger partial charge in [0.1, 0.15) is 17.5 Å². The summed E-state index contributed by atoms with van der Waals surface area (Å²) in [6.45, 7) is 7.75. The lowest BCUT2D eigenvalue weighted by Crippen LogP contribution is -2.10. The van der Waals surface area contributed by atoms with Crippen LogP contribution in [0.15, 0.2) is 36.5 Å². The second-order valence-corrected chi connectivity index (χ2v) is 6.24. The molecule has 0 aliphatic heterocycles. The van der Waals surface area contributed by atoms with Crippen molar-refractivity contribution in [3.05, 3.63) is 53.7 Å². The van der Waals surface area contributed by atoms with Gasteiger partial charge in [-0.15, -0.1) is 0 Å². The Labute approximate surface area is 146 Å². The summed E-state index contributed by atoms with van der Waals surface area (Å²) in [5.41, 5.74) is 1.72. The maximum absolute atomic E-state index is 13.1. The van der Waals surface area contributed by atoms with Crippen molar-refractivity contribution < 1.29 is 9.13 Å². The largest absolute Gasteiger partial charge is 0.475 e. The number of halogens is 1. The van der Waals surface area contributed by atoms with E-state index >= 15 is 0 Å². The van der Waals surface area contributed by atoms with Gasteiger partial charge < -0.3 is 10.1 Å². The molecule has 0 fully saturated rings. The Morgan fingerprint density at radius 2 is 1.80 bits per heavy atom. The van der Waals surface area contributed by atoms with Gasteiger partial charge in [-0.05, 0) is 45.4 Å². The van der Waals surface area contributed by atoms with Gasteiger partial charge in [0.25, 0.3) is 0 Å². The summed E-state index contributed by atoms with van der Waals surface area (Å²) < 4.78 is 18.8. The van der Waals surface area contributed by atoms with Crippen molar-refractivity contribution in [1.29, 1.82) is 0 Å². The van der Waals surface area contributed by atoms with E-state index in [0.29, 0.717) is 17.5 Å². The third-order valence-corrected chi connectivity index (χ3v) is 3.75. The van der Waals surface area contributed by atoms with Crippen molar-refractivity contribution in [3.8, 4) is 5.88 Å². The minimum Gasteiger partial charge on any atom is -0.475 e. The lowest BCUT2D eigenvalue weighted by molar-refractivity contribution is 0.233. The van der Waals surface area contributed by atoms with Crippen LogP contribution < -0.4 is 10.1 Å². The molecule has 130 valence electrons. The molecule has 5 nitrogen and oxygen atoms in total. The van der Waals surface area contributed by atoms with Crippen LogP contribution >= 0.6 is 0 Å². The molecule has 0 bridgehead atoms. The first-order chi connectivity index (χ1) is 11.9. The van der Waals surface area contributed by atoms with Crippen molar-refractivity contribution in [2.75, 3.05) is 5.32 Å². The zero-order valence-electron chi connectivity index (χ0n) is 14.7. The maximum atomic E-state index is 13.1. The van der Waals surface area contributed by atoms with Crippen LogP contribution in [0.2, 0.25) is 0 Å². The number of nitrogens with one attached hydrogen (secondary N) is 1. The van der Waals surface area contributed by atoms with E-state index in [1.54, 1.807) is 18.3 Å². The summed E-state index contributed by atoms with van der Waals surface area (Å²) >= 11 is 0. The number of pyridine rings is 1. The molecule has 0 aliphatic rings. The Morgan fingerprint density at radius 1 is 1.08 bits per heavy atom. The molecule has 1 unspecified atom stereocenters. The highest BCUT2D eigenvalue weighted by Gasteiger charge is 2.13. The molecule has 2 heterocycles. The Kier molecular flexibility index (Phi) is 4.79. The molecule has 1 atom stereocenters. The van der Waals surface area contributed by atoms with Crippen molar-refractivity contribution >= 4 is 16.7 Å². The van der Waals surface area contributed by atoms with E-state index in [1.807, 2.05) is 33.8 Å². The first-order valence-corrected chi connectivity index (χ1v) is 8.25. The molecule has 0 amide bonds. The van der Waals surface area contributed by atoms with Crippen LogP contribution in [0.1, 0.15) is 38.2 Å². The summed E-state index contributed by atoms with van der Waals surface area (Å²) in [6.07, 6.45) is 1.72. The molecule has 0 radical (unpaired) electrons. The van der Waals surface area contributed by atoms with Gasteiger partial charge in [-0.3, -0.25) is 0 Å². The Balaban J connectivity index is 1.97. The van der Waals surface area contributed by atoms with E-state index in [1.165, 1.54) is 12.1 Å². The normalized spacial score (nSPS) is 12.4. The number of hydrogen-bond acceptors (Lipinski definition) is 5. The first-order valence-electron chi connectivity index (χ1n) is 8.25. The van der Waals surface area contributed by atoms with Crippen LogP contribution in [0.25, 0.3) is 10.9 Å². The van der Waals surface area contributed by atoms with Crippen LogP contribution in [-0.4, -0.2) is 21.1 Å². The van der Waals surface area contributed by atoms with E-state index in [0.717, 1.165) is 16.5 Å². The highest BCUT2D eigenvalue weighted by molar-refractivity contribution is 5.89. The second-order valence-electron chi connectivity index (χ2n) is 6.24. The van der Waals surface area contributed by atoms with Gasteiger partial charge in [-0.25, -0.2) is 19.3 Å². The molecule has 1 N–H and O–H groups in total. The number of hydrogen-bond donors (Lipinski definition) is 1. The number of aryl methyl sites for hydroxylation is 1. The Hall–Kier alpha value is -2.76. The lowest BCUT2D eigenvalue weighted by atomic mass is 10.1. The van der Waals surface area contributed by atoms with Crippen LogP contribution in [0, 0.1) is 12.7 Å². The van der Waals surface area contributed by atoms with E-state index in [9.17, 15) is 4.39 Å². The second kappa shape index (κ2) is 7.01. The van der Waals surface area contributed by atoms with Gasteiger partial charge in [-0.1, -0.05) is 12.1 Å². The molecular weight excluding hydrogens is 319 g/mol. The molecule has 0 saturated carbocycles. The summed E-state index contributed by atoms with van der Waals surface area (Å²) in [5, 5.41) is 4.22. The predicted octanol–water partition coefficient (Wildman–Crippen LogP) is 4.43. The monoisotopic (exact) mass is 340 g/mol. The fourth-order valence-corrected chi connectivity index (χ4v) is 2.58. The maximum Gasteiger partial charge on any atom is 0.214 e. The summed E-state index contributed by atoms with van der Waals surface area (Å²) in [4.78, 5) is 13.2. The minimum atomic E-state index is -0.249. The molecule has 0 aliphatic carbocycles. The van der Waals surface area contributed by atoms with Crippen LogP contribution in [-0.2, 0) is 0 Å². The lowest BCUT2D eigenvalue weighted by Gasteiger charge is -2.17. The zero-order valence-corrected chi connectivity index (χ0v) is 14.7. The molecule has 2 aromatic heterocycles. The average Bonchev–Trinajstić information content (AvgIpc) is 2.55. The van der Waals surface area contributed by atoms with E-state index in [-0.39, 0.29) is 18.0 Å². The number of fused-ring (bicyclic) bond motifs is 1. The molecule has 6 heteroatoms. The van der Waals surface area contributed by atoms with Crippen LogP contribution in [0.3, 0.4) is 0 Å². The van der Waals surface area contributed by atoms with E-state index < -0.39 is 0 Å². The molecule has 0 spiro atoms. The Bertz CT molecular complexity index is 880. The van der Waals surface area contributed by atoms with Gasteiger partial charge in [0.15, 0.2) is 0 Å². The van der Waals surface area contributed by atoms with Crippen molar-refractivity contribution in [2.24, 2.45) is 0 Å². The number of benzene rings is 1. The quantitative estimate of drug-likeness (QED) is 0.744. The first kappa shape index (κ1) is 17.1. The summed E-state index contributed by atoms with van der Waals surface area (Å²) in [5.74, 6) is 1.64. The molecule has 0 saturated heterocycles. The predicted molar refractivity (Wildman–Crippen MR) is 96.3 cm³/mol. The van der Waals surface area contributed by atoms with Gasteiger partial charge in [-0.2, -0.15) is 0 Å². The highest BCUT2D eigenvalue weighted by atomic mass is 19.1. The van der Waals surface area contributed by atoms with Gasteiger partial charge in [0, 0.05) is 17.5 Å². The fraction of sp³-hybridized carbons (Fsp3) is 0.316. The average molecular weight is 340 g/mol. The number of nitrogens with zero attached hydrogens (tertiary/aromatic N) is 3. The smallest absolute Gasteiger partial charge is 0.214 e. The number of aromatic nitrogens is 3. The van der Waals surface area contributed by atoms with E-state index in [2.05, 4.69) is 20.3 Å². The molecule has 3 rings (SSSR count). The number of rotatable bonds is 5. The van der Waals surface area contributed by atoms with Crippen LogP contribution in [0.5, 0.6) is 5.88 Å². The third-order valence-electron chi connectivity index (χ3n) is 3.75. The molecule has 3 aromatic rings. The minimum absolute atomic E-state index is 0.0332. The zero-order chi connectivity index (χ0) is 18.0. The summed E-state index contributed by atoms with van der Waals surface area (Å²) in [6, 6.07) is 8.23. The van der Waals surface area contributed by atoms with Gasteiger partial charge in [0.05, 0.1) is 17.8 Å². The molecular formula is C19H21FN4O. The Morgan fingerprint density at radius 3 is 2.48 bits per heavy atom. The van der Waals surface area contributed by atoms with Crippen LogP contribution in [0.4, 0.5) is 10.2 Å².